The van der Waals surface area contributed by atoms with Crippen LogP contribution >= 0.6 is 11.3 Å². The molecule has 2 aromatic rings. The van der Waals surface area contributed by atoms with Crippen molar-refractivity contribution in [2.75, 3.05) is 0 Å². The second-order valence-corrected chi connectivity index (χ2v) is 8.26. The Morgan fingerprint density at radius 1 is 1.40 bits per heavy atom. The summed E-state index contributed by atoms with van der Waals surface area (Å²) >= 11 is 1.14. The van der Waals surface area contributed by atoms with Crippen molar-refractivity contribution in [3.8, 4) is 5.75 Å². The quantitative estimate of drug-likeness (QED) is 0.413. The van der Waals surface area contributed by atoms with Crippen molar-refractivity contribution < 1.29 is 14.8 Å². The Morgan fingerprint density at radius 3 is 2.77 bits per heavy atom. The standard InChI is InChI=1S/C21H23N3O5S/c1-4-5-6-7-16-19(13(3)25)12(2)22-21-23(16)20(27)18(30-21)11-14-10-15(24(28)29)8-9-17(14)26/h8-11,16,26H,4-7H2,1-3H3/b18-11-. The zero-order valence-corrected chi connectivity index (χ0v) is 17.9. The van der Waals surface area contributed by atoms with E-state index in [-0.39, 0.29) is 34.4 Å². The molecule has 2 heterocycles. The van der Waals surface area contributed by atoms with Gasteiger partial charge in [-0.2, -0.15) is 0 Å². The Hall–Kier alpha value is -3.07. The average molecular weight is 429 g/mol. The van der Waals surface area contributed by atoms with E-state index in [1.807, 2.05) is 0 Å². The third kappa shape index (κ3) is 4.11. The molecule has 0 spiro atoms. The van der Waals surface area contributed by atoms with Gasteiger partial charge in [0.05, 0.1) is 15.5 Å². The maximum Gasteiger partial charge on any atom is 0.270 e. The van der Waals surface area contributed by atoms with Crippen LogP contribution in [-0.2, 0) is 4.79 Å². The van der Waals surface area contributed by atoms with Crippen molar-refractivity contribution in [2.24, 2.45) is 4.99 Å². The smallest absolute Gasteiger partial charge is 0.270 e. The first-order valence-corrected chi connectivity index (χ1v) is 10.6. The van der Waals surface area contributed by atoms with Crippen LogP contribution in [-0.4, -0.2) is 20.4 Å². The number of nitro groups is 1. The highest BCUT2D eigenvalue weighted by atomic mass is 32.1. The van der Waals surface area contributed by atoms with Gasteiger partial charge in [-0.3, -0.25) is 24.3 Å². The maximum absolute atomic E-state index is 13.2. The van der Waals surface area contributed by atoms with Gasteiger partial charge in [0, 0.05) is 29.0 Å². The van der Waals surface area contributed by atoms with Crippen molar-refractivity contribution in [3.63, 3.8) is 0 Å². The van der Waals surface area contributed by atoms with Crippen molar-refractivity contribution >= 4 is 28.9 Å². The van der Waals surface area contributed by atoms with Crippen LogP contribution < -0.4 is 14.9 Å². The Morgan fingerprint density at radius 2 is 2.13 bits per heavy atom. The molecule has 1 atom stereocenters. The van der Waals surface area contributed by atoms with Gasteiger partial charge in [0.1, 0.15) is 5.75 Å². The van der Waals surface area contributed by atoms with E-state index in [2.05, 4.69) is 11.9 Å². The second kappa shape index (κ2) is 8.74. The van der Waals surface area contributed by atoms with Gasteiger partial charge in [-0.05, 0) is 32.4 Å². The van der Waals surface area contributed by atoms with Gasteiger partial charge in [0.15, 0.2) is 10.6 Å². The normalized spacial score (nSPS) is 16.4. The minimum atomic E-state index is -0.561. The zero-order valence-electron chi connectivity index (χ0n) is 17.0. The van der Waals surface area contributed by atoms with E-state index in [9.17, 15) is 24.8 Å². The number of Topliss-reactive ketones (excluding diaryl/α,β-unsaturated/α-hetero) is 1. The molecule has 0 saturated carbocycles. The lowest BCUT2D eigenvalue weighted by Gasteiger charge is -2.23. The van der Waals surface area contributed by atoms with Crippen LogP contribution in [0.1, 0.15) is 58.1 Å². The molecule has 1 aliphatic heterocycles. The average Bonchev–Trinajstić information content (AvgIpc) is 2.98. The number of benzene rings is 1. The van der Waals surface area contributed by atoms with Crippen LogP contribution in [0.4, 0.5) is 5.69 Å². The first-order valence-electron chi connectivity index (χ1n) is 9.75. The third-order valence-electron chi connectivity index (χ3n) is 5.10. The largest absolute Gasteiger partial charge is 0.507 e. The summed E-state index contributed by atoms with van der Waals surface area (Å²) in [5.41, 5.74) is 0.828. The summed E-state index contributed by atoms with van der Waals surface area (Å²) in [5.74, 6) is -0.269. The molecule has 0 fully saturated rings. The van der Waals surface area contributed by atoms with Gasteiger partial charge in [-0.1, -0.05) is 37.5 Å². The van der Waals surface area contributed by atoms with E-state index < -0.39 is 4.92 Å². The highest BCUT2D eigenvalue weighted by Crippen LogP contribution is 2.28. The van der Waals surface area contributed by atoms with E-state index in [4.69, 9.17) is 0 Å². The summed E-state index contributed by atoms with van der Waals surface area (Å²) in [6.45, 7) is 5.34. The molecule has 0 saturated heterocycles. The van der Waals surface area contributed by atoms with Gasteiger partial charge in [0.2, 0.25) is 0 Å². The molecule has 8 nitrogen and oxygen atoms in total. The molecule has 1 aliphatic rings. The van der Waals surface area contributed by atoms with Crippen molar-refractivity contribution in [2.45, 2.75) is 52.5 Å². The van der Waals surface area contributed by atoms with Gasteiger partial charge < -0.3 is 5.11 Å². The van der Waals surface area contributed by atoms with Gasteiger partial charge in [-0.25, -0.2) is 4.99 Å². The first-order chi connectivity index (χ1) is 14.2. The number of carbonyl (C=O) groups excluding carboxylic acids is 1. The van der Waals surface area contributed by atoms with Crippen molar-refractivity contribution in [3.05, 3.63) is 64.8 Å². The number of aromatic hydroxyl groups is 1. The van der Waals surface area contributed by atoms with E-state index in [0.717, 1.165) is 30.6 Å². The Bertz CT molecular complexity index is 1220. The lowest BCUT2D eigenvalue weighted by atomic mass is 9.95. The molecule has 1 unspecified atom stereocenters. The molecule has 1 N–H and O–H groups in total. The monoisotopic (exact) mass is 429 g/mol. The molecule has 9 heteroatoms. The number of aromatic nitrogens is 1. The van der Waals surface area contributed by atoms with Crippen molar-refractivity contribution in [1.82, 2.24) is 4.57 Å². The number of rotatable bonds is 7. The van der Waals surface area contributed by atoms with E-state index in [1.54, 1.807) is 11.5 Å². The number of hydrogen-bond acceptors (Lipinski definition) is 7. The van der Waals surface area contributed by atoms with E-state index in [0.29, 0.717) is 27.0 Å². The number of ketones is 1. The Labute approximate surface area is 176 Å². The summed E-state index contributed by atoms with van der Waals surface area (Å²) in [6, 6.07) is 3.27. The van der Waals surface area contributed by atoms with E-state index >= 15 is 0 Å². The molecule has 0 radical (unpaired) electrons. The van der Waals surface area contributed by atoms with Crippen LogP contribution in [0.15, 0.2) is 39.3 Å². The SMILES string of the molecule is CCCCCC1C(C(C)=O)=C(C)N=c2s/c(=C\c3cc([N+](=O)[O-])ccc3O)c(=O)n21. The van der Waals surface area contributed by atoms with Crippen LogP contribution in [0.2, 0.25) is 0 Å². The Kier molecular flexibility index (Phi) is 6.31. The van der Waals surface area contributed by atoms with Gasteiger partial charge in [-0.15, -0.1) is 0 Å². The number of thiazole rings is 1. The van der Waals surface area contributed by atoms with Crippen LogP contribution in [0.25, 0.3) is 6.08 Å². The Balaban J connectivity index is 2.17. The summed E-state index contributed by atoms with van der Waals surface area (Å²) in [5, 5.41) is 21.1. The highest BCUT2D eigenvalue weighted by Gasteiger charge is 2.28. The minimum Gasteiger partial charge on any atom is -0.507 e. The van der Waals surface area contributed by atoms with Gasteiger partial charge in [0.25, 0.3) is 11.2 Å². The fourth-order valence-electron chi connectivity index (χ4n) is 3.68. The number of non-ortho nitro benzene ring substituents is 1. The fourth-order valence-corrected chi connectivity index (χ4v) is 4.74. The van der Waals surface area contributed by atoms with Crippen LogP contribution in [0.3, 0.4) is 0 Å². The maximum atomic E-state index is 13.2. The molecule has 158 valence electrons. The molecule has 3 rings (SSSR count). The number of hydrogen-bond donors (Lipinski definition) is 1. The lowest BCUT2D eigenvalue weighted by Crippen LogP contribution is -2.38. The molecule has 0 amide bonds. The third-order valence-corrected chi connectivity index (χ3v) is 6.09. The molecule has 0 bridgehead atoms. The van der Waals surface area contributed by atoms with Crippen LogP contribution in [0, 0.1) is 10.1 Å². The minimum absolute atomic E-state index is 0.108. The highest BCUT2D eigenvalue weighted by molar-refractivity contribution is 7.07. The number of phenolic OH excluding ortho intramolecular Hbond substituents is 1. The summed E-state index contributed by atoms with van der Waals surface area (Å²) in [7, 11) is 0. The summed E-state index contributed by atoms with van der Waals surface area (Å²) in [4.78, 5) is 40.9. The molecular weight excluding hydrogens is 406 g/mol. The number of fused-ring (bicyclic) bond motifs is 1. The molecular formula is C21H23N3O5S. The zero-order chi connectivity index (χ0) is 22.0. The number of unbranched alkanes of at least 4 members (excludes halogenated alkanes) is 2. The summed E-state index contributed by atoms with van der Waals surface area (Å²) in [6.07, 6.45) is 4.97. The first kappa shape index (κ1) is 21.6. The van der Waals surface area contributed by atoms with E-state index in [1.165, 1.54) is 31.2 Å². The number of phenols is 1. The lowest BCUT2D eigenvalue weighted by molar-refractivity contribution is -0.384. The number of allylic oxidation sites excluding steroid dienone is 2. The number of carbonyl (C=O) groups is 1. The number of nitro benzene ring substituents is 1. The molecule has 0 aliphatic carbocycles. The molecule has 1 aromatic heterocycles. The predicted molar refractivity (Wildman–Crippen MR) is 114 cm³/mol. The predicted octanol–water partition coefficient (Wildman–Crippen LogP) is 2.97. The van der Waals surface area contributed by atoms with Crippen molar-refractivity contribution in [1.29, 1.82) is 0 Å². The summed E-state index contributed by atoms with van der Waals surface area (Å²) < 4.78 is 1.84. The van der Waals surface area contributed by atoms with Crippen LogP contribution in [0.5, 0.6) is 5.75 Å². The fraction of sp³-hybridized carbons (Fsp3) is 0.381. The second-order valence-electron chi connectivity index (χ2n) is 7.25. The molecule has 1 aromatic carbocycles. The topological polar surface area (TPSA) is 115 Å². The number of nitrogens with zero attached hydrogens (tertiary/aromatic N) is 3. The molecule has 30 heavy (non-hydrogen) atoms. The van der Waals surface area contributed by atoms with Gasteiger partial charge >= 0.3 is 0 Å².